The van der Waals surface area contributed by atoms with E-state index in [-0.39, 0.29) is 30.5 Å². The van der Waals surface area contributed by atoms with Crippen LogP contribution in [0.3, 0.4) is 0 Å². The lowest BCUT2D eigenvalue weighted by Crippen LogP contribution is -2.30. The van der Waals surface area contributed by atoms with E-state index in [0.29, 0.717) is 16.4 Å². The molecule has 0 radical (unpaired) electrons. The van der Waals surface area contributed by atoms with Gasteiger partial charge >= 0.3 is 0 Å². The largest absolute Gasteiger partial charge is 0.277 e. The van der Waals surface area contributed by atoms with Gasteiger partial charge in [0.05, 0.1) is 11.9 Å². The highest BCUT2D eigenvalue weighted by atomic mass is 16.2. The predicted molar refractivity (Wildman–Crippen MR) is 94.2 cm³/mol. The number of aromatic nitrogens is 4. The number of carbonyl (C=O) groups is 1. The highest BCUT2D eigenvalue weighted by Crippen LogP contribution is 2.03. The second-order valence-corrected chi connectivity index (χ2v) is 5.93. The van der Waals surface area contributed by atoms with Crippen molar-refractivity contribution in [3.63, 3.8) is 0 Å². The summed E-state index contributed by atoms with van der Waals surface area (Å²) in [4.78, 5) is 29.4. The van der Waals surface area contributed by atoms with Crippen LogP contribution in [0.1, 0.15) is 25.1 Å². The van der Waals surface area contributed by atoms with Crippen molar-refractivity contribution >= 4 is 16.8 Å². The summed E-state index contributed by atoms with van der Waals surface area (Å²) in [5, 5.41) is 8.43. The molecule has 2 heterocycles. The molecule has 1 aromatic carbocycles. The van der Waals surface area contributed by atoms with Crippen LogP contribution in [0.5, 0.6) is 0 Å². The topological polar surface area (TPSA) is 82.1 Å². The minimum Gasteiger partial charge on any atom is -0.274 e. The number of rotatable bonds is 4. The summed E-state index contributed by atoms with van der Waals surface area (Å²) in [6.07, 6.45) is 1.81. The molecule has 0 saturated heterocycles. The van der Waals surface area contributed by atoms with Gasteiger partial charge in [0.1, 0.15) is 11.0 Å². The molecule has 0 aliphatic carbocycles. The first-order valence-electron chi connectivity index (χ1n) is 8.13. The molecule has 0 aliphatic rings. The van der Waals surface area contributed by atoms with E-state index < -0.39 is 0 Å². The highest BCUT2D eigenvalue weighted by molar-refractivity contribution is 5.79. The van der Waals surface area contributed by atoms with Crippen molar-refractivity contribution in [3.05, 3.63) is 64.5 Å². The van der Waals surface area contributed by atoms with Gasteiger partial charge < -0.3 is 0 Å². The van der Waals surface area contributed by atoms with E-state index in [1.807, 2.05) is 19.9 Å². The van der Waals surface area contributed by atoms with Crippen LogP contribution in [0, 0.1) is 0 Å². The smallest absolute Gasteiger partial charge is 0.274 e. The molecule has 0 fully saturated rings. The van der Waals surface area contributed by atoms with Crippen LogP contribution in [0.15, 0.2) is 58.4 Å². The Kier molecular flexibility index (Phi) is 4.83. The summed E-state index contributed by atoms with van der Waals surface area (Å²) in [6, 6.07) is 12.5. The second kappa shape index (κ2) is 7.21. The molecule has 0 saturated carbocycles. The van der Waals surface area contributed by atoms with E-state index in [1.54, 1.807) is 42.6 Å². The number of carbonyl (C=O) groups excluding carboxylic acids is 1. The van der Waals surface area contributed by atoms with Crippen LogP contribution < -0.4 is 11.0 Å². The van der Waals surface area contributed by atoms with Gasteiger partial charge in [0.15, 0.2) is 0 Å². The Hall–Kier alpha value is -3.09. The van der Waals surface area contributed by atoms with Gasteiger partial charge in [-0.15, -0.1) is 5.10 Å². The average molecular weight is 337 g/mol. The molecule has 0 spiro atoms. The molecule has 0 bridgehead atoms. The quantitative estimate of drug-likeness (QED) is 0.724. The predicted octanol–water partition coefficient (Wildman–Crippen LogP) is 1.63. The number of hydrogen-bond acceptors (Lipinski definition) is 5. The van der Waals surface area contributed by atoms with Crippen LogP contribution in [0.4, 0.5) is 0 Å². The van der Waals surface area contributed by atoms with Gasteiger partial charge in [-0.3, -0.25) is 19.1 Å². The molecule has 25 heavy (non-hydrogen) atoms. The number of benzene rings is 1. The highest BCUT2D eigenvalue weighted by Gasteiger charge is 2.09. The standard InChI is InChI=1S/C18H19N5O2/c1-13(2)19-16-9-5-6-11-22(16)17(24)10-12-23-18(25)14-7-3-4-8-15(14)20-21-23/h3-9,11,13H,10,12H2,1-2H3. The minimum atomic E-state index is -0.247. The fourth-order valence-electron chi connectivity index (χ4n) is 2.51. The number of nitrogens with zero attached hydrogens (tertiary/aromatic N) is 5. The van der Waals surface area contributed by atoms with Crippen molar-refractivity contribution in [2.75, 3.05) is 0 Å². The third kappa shape index (κ3) is 3.71. The first-order valence-corrected chi connectivity index (χ1v) is 8.13. The normalized spacial score (nSPS) is 12.0. The van der Waals surface area contributed by atoms with Gasteiger partial charge in [-0.2, -0.15) is 0 Å². The molecule has 3 aromatic rings. The summed E-state index contributed by atoms with van der Waals surface area (Å²) in [5.41, 5.74) is 0.897. The third-order valence-corrected chi connectivity index (χ3v) is 3.66. The molecule has 0 N–H and O–H groups in total. The van der Waals surface area contributed by atoms with E-state index in [9.17, 15) is 9.59 Å². The maximum atomic E-state index is 12.5. The lowest BCUT2D eigenvalue weighted by atomic mass is 10.2. The zero-order valence-corrected chi connectivity index (χ0v) is 14.2. The number of hydrogen-bond donors (Lipinski definition) is 0. The molecular formula is C18H19N5O2. The molecule has 7 heteroatoms. The maximum Gasteiger partial charge on any atom is 0.277 e. The Labute approximate surface area is 144 Å². The van der Waals surface area contributed by atoms with Gasteiger partial charge in [-0.05, 0) is 38.1 Å². The van der Waals surface area contributed by atoms with Crippen molar-refractivity contribution in [3.8, 4) is 0 Å². The van der Waals surface area contributed by atoms with E-state index in [2.05, 4.69) is 15.3 Å². The van der Waals surface area contributed by atoms with Crippen molar-refractivity contribution < 1.29 is 4.79 Å². The van der Waals surface area contributed by atoms with Crippen molar-refractivity contribution in [1.82, 2.24) is 19.6 Å². The van der Waals surface area contributed by atoms with Gasteiger partial charge in [0, 0.05) is 18.7 Å². The molecule has 2 aromatic heterocycles. The van der Waals surface area contributed by atoms with Gasteiger partial charge in [0.25, 0.3) is 5.56 Å². The molecule has 7 nitrogen and oxygen atoms in total. The van der Waals surface area contributed by atoms with E-state index >= 15 is 0 Å². The fourth-order valence-corrected chi connectivity index (χ4v) is 2.51. The van der Waals surface area contributed by atoms with Gasteiger partial charge in [-0.1, -0.05) is 23.4 Å². The molecule has 0 unspecified atom stereocenters. The van der Waals surface area contributed by atoms with Gasteiger partial charge in [0.2, 0.25) is 5.91 Å². The summed E-state index contributed by atoms with van der Waals surface area (Å²) < 4.78 is 2.72. The molecule has 0 atom stereocenters. The van der Waals surface area contributed by atoms with E-state index in [1.165, 1.54) is 9.25 Å². The average Bonchev–Trinajstić information content (AvgIpc) is 2.61. The van der Waals surface area contributed by atoms with Crippen LogP contribution >= 0.6 is 0 Å². The molecule has 3 rings (SSSR count). The van der Waals surface area contributed by atoms with Crippen LogP contribution in [0.2, 0.25) is 0 Å². The summed E-state index contributed by atoms with van der Waals surface area (Å²) >= 11 is 0. The third-order valence-electron chi connectivity index (χ3n) is 3.66. The number of aryl methyl sites for hydroxylation is 1. The molecule has 0 aliphatic heterocycles. The summed E-state index contributed by atoms with van der Waals surface area (Å²) in [5.74, 6) is -0.151. The molecule has 128 valence electrons. The number of fused-ring (bicyclic) bond motifs is 1. The van der Waals surface area contributed by atoms with Crippen molar-refractivity contribution in [2.45, 2.75) is 32.9 Å². The lowest BCUT2D eigenvalue weighted by molar-refractivity contribution is 0.0888. The fraction of sp³-hybridized carbons (Fsp3) is 0.278. The maximum absolute atomic E-state index is 12.5. The Bertz CT molecular complexity index is 1030. The van der Waals surface area contributed by atoms with E-state index in [4.69, 9.17) is 0 Å². The van der Waals surface area contributed by atoms with Crippen molar-refractivity contribution in [2.24, 2.45) is 4.99 Å². The summed E-state index contributed by atoms with van der Waals surface area (Å²) in [7, 11) is 0. The Morgan fingerprint density at radius 3 is 2.72 bits per heavy atom. The monoisotopic (exact) mass is 337 g/mol. The zero-order chi connectivity index (χ0) is 17.8. The van der Waals surface area contributed by atoms with Crippen LogP contribution in [-0.2, 0) is 6.54 Å². The SMILES string of the molecule is CC(C)N=c1ccccn1C(=O)CCn1nnc2ccccc2c1=O. The Morgan fingerprint density at radius 1 is 1.16 bits per heavy atom. The summed E-state index contributed by atoms with van der Waals surface area (Å²) in [6.45, 7) is 4.07. The molecule has 0 amide bonds. The molecular weight excluding hydrogens is 318 g/mol. The Balaban J connectivity index is 1.85. The first kappa shape index (κ1) is 16.8. The first-order chi connectivity index (χ1) is 12.1. The number of pyridine rings is 1. The van der Waals surface area contributed by atoms with Crippen LogP contribution in [0.25, 0.3) is 10.9 Å². The Morgan fingerprint density at radius 2 is 1.92 bits per heavy atom. The van der Waals surface area contributed by atoms with E-state index in [0.717, 1.165) is 0 Å². The van der Waals surface area contributed by atoms with Gasteiger partial charge in [-0.25, -0.2) is 4.68 Å². The minimum absolute atomic E-state index is 0.0791. The van der Waals surface area contributed by atoms with Crippen molar-refractivity contribution in [1.29, 1.82) is 0 Å². The second-order valence-electron chi connectivity index (χ2n) is 5.93. The zero-order valence-electron chi connectivity index (χ0n) is 14.2. The lowest BCUT2D eigenvalue weighted by Gasteiger charge is -2.08. The van der Waals surface area contributed by atoms with Crippen LogP contribution in [-0.4, -0.2) is 31.5 Å².